The second kappa shape index (κ2) is 14.8. The zero-order valence-electron chi connectivity index (χ0n) is 43.8. The topological polar surface area (TPSA) is 35.9 Å². The van der Waals surface area contributed by atoms with E-state index in [1.807, 2.05) is 71.4 Å². The molecule has 0 N–H and O–H groups in total. The molecule has 0 saturated heterocycles. The van der Waals surface area contributed by atoms with Gasteiger partial charge in [0.2, 0.25) is 0 Å². The summed E-state index contributed by atoms with van der Waals surface area (Å²) < 4.78 is 91.0. The number of benzene rings is 7. The van der Waals surface area contributed by atoms with Crippen molar-refractivity contribution in [3.63, 3.8) is 0 Å². The average molecular weight is 802 g/mol. The van der Waals surface area contributed by atoms with E-state index in [9.17, 15) is 0 Å². The Labute approximate surface area is 370 Å². The van der Waals surface area contributed by atoms with Crippen LogP contribution < -0.4 is 9.30 Å². The van der Waals surface area contributed by atoms with Crippen molar-refractivity contribution in [1.29, 1.82) is 0 Å². The maximum Gasteiger partial charge on any atom is 0.269 e. The fourth-order valence-electron chi connectivity index (χ4n) is 8.04. The summed E-state index contributed by atoms with van der Waals surface area (Å²) in [6.07, 6.45) is 5.42. The molecule has 7 aromatic carbocycles. The third-order valence-electron chi connectivity index (χ3n) is 11.2. The molecular weight excluding hydrogens is 745 g/mol. The van der Waals surface area contributed by atoms with Crippen molar-refractivity contribution in [2.24, 2.45) is 0 Å². The number of nitrogens with zero attached hydrogens (tertiary/aromatic N) is 4. The third-order valence-corrected chi connectivity index (χ3v) is 11.2. The molecule has 0 saturated carbocycles. The quantitative estimate of drug-likeness (QED) is 0.119. The standard InChI is InChI=1S/C56H48N4O/c1-55(2,3)40-30-31-57-53(34-40)60-49-25-14-13-22-47(49)48-29-28-43(36-52(48)60)61-44-33-41(56(4,5)6)32-42(35-44)58-37-59(51-27-16-15-26-50(51)58)54-45(38-18-9-7-10-19-38)23-17-24-46(54)39-20-11-8-12-21-39/h7-36H,1-6H3/i7D,8D,9D,10D,11D,12D,18D,19D,20D. The first-order chi connectivity index (χ1) is 33.2. The van der Waals surface area contributed by atoms with Crippen LogP contribution in [0.3, 0.4) is 0 Å². The van der Waals surface area contributed by atoms with E-state index in [0.717, 1.165) is 33.2 Å². The van der Waals surface area contributed by atoms with Crippen LogP contribution in [0.15, 0.2) is 182 Å². The zero-order chi connectivity index (χ0) is 49.7. The molecule has 0 aliphatic carbocycles. The molecule has 0 fully saturated rings. The maximum atomic E-state index is 9.07. The van der Waals surface area contributed by atoms with E-state index in [0.29, 0.717) is 39.5 Å². The van der Waals surface area contributed by atoms with Gasteiger partial charge in [0.25, 0.3) is 6.33 Å². The first-order valence-electron chi connectivity index (χ1n) is 24.8. The van der Waals surface area contributed by atoms with Gasteiger partial charge in [0, 0.05) is 23.0 Å². The van der Waals surface area contributed by atoms with E-state index < -0.39 is 42.3 Å². The van der Waals surface area contributed by atoms with Crippen molar-refractivity contribution in [1.82, 2.24) is 14.1 Å². The van der Waals surface area contributed by atoms with Gasteiger partial charge in [-0.25, -0.2) is 4.98 Å². The molecule has 3 aromatic heterocycles. The molecule has 5 heteroatoms. The minimum atomic E-state index is -0.536. The van der Waals surface area contributed by atoms with E-state index in [4.69, 9.17) is 22.1 Å². The molecule has 0 amide bonds. The predicted octanol–water partition coefficient (Wildman–Crippen LogP) is 13.9. The number of hydrogen-bond acceptors (Lipinski definition) is 2. The highest BCUT2D eigenvalue weighted by molar-refractivity contribution is 6.09. The molecule has 0 aliphatic heterocycles. The lowest BCUT2D eigenvalue weighted by Gasteiger charge is -2.22. The van der Waals surface area contributed by atoms with E-state index >= 15 is 0 Å². The highest BCUT2D eigenvalue weighted by atomic mass is 16.5. The average Bonchev–Trinajstić information content (AvgIpc) is 3.88. The number of imidazole rings is 1. The number of aromatic nitrogens is 4. The molecule has 0 aliphatic rings. The highest BCUT2D eigenvalue weighted by Gasteiger charge is 2.23. The second-order valence-corrected chi connectivity index (χ2v) is 17.3. The largest absolute Gasteiger partial charge is 0.458 e. The number of hydrogen-bond donors (Lipinski definition) is 0. The maximum absolute atomic E-state index is 9.07. The van der Waals surface area contributed by atoms with Gasteiger partial charge in [-0.1, -0.05) is 163 Å². The molecule has 3 heterocycles. The van der Waals surface area contributed by atoms with Crippen LogP contribution in [0, 0.1) is 6.33 Å². The summed E-state index contributed by atoms with van der Waals surface area (Å²) in [5.41, 5.74) is 6.65. The molecule has 0 unspecified atom stereocenters. The molecule has 5 nitrogen and oxygen atoms in total. The number of rotatable bonds is 7. The van der Waals surface area contributed by atoms with Gasteiger partial charge in [0.1, 0.15) is 17.3 Å². The lowest BCUT2D eigenvalue weighted by Crippen LogP contribution is -2.31. The number of para-hydroxylation sites is 4. The normalized spacial score (nSPS) is 14.2. The van der Waals surface area contributed by atoms with Crippen LogP contribution in [0.25, 0.3) is 72.3 Å². The van der Waals surface area contributed by atoms with Gasteiger partial charge in [-0.3, -0.25) is 13.7 Å². The summed E-state index contributed by atoms with van der Waals surface area (Å²) in [5.74, 6) is 1.98. The van der Waals surface area contributed by atoms with Crippen LogP contribution in [-0.2, 0) is 10.8 Å². The Morgan fingerprint density at radius 3 is 2.05 bits per heavy atom. The van der Waals surface area contributed by atoms with Gasteiger partial charge < -0.3 is 4.74 Å². The van der Waals surface area contributed by atoms with Crippen molar-refractivity contribution in [3.8, 4) is 50.9 Å². The van der Waals surface area contributed by atoms with Gasteiger partial charge >= 0.3 is 0 Å². The smallest absolute Gasteiger partial charge is 0.269 e. The minimum absolute atomic E-state index is 0.0690. The van der Waals surface area contributed by atoms with Crippen molar-refractivity contribution < 1.29 is 21.6 Å². The molecule has 0 atom stereocenters. The van der Waals surface area contributed by atoms with Crippen molar-refractivity contribution in [3.05, 3.63) is 199 Å². The van der Waals surface area contributed by atoms with Crippen LogP contribution in [0.4, 0.5) is 0 Å². The minimum Gasteiger partial charge on any atom is -0.458 e. The van der Waals surface area contributed by atoms with Gasteiger partial charge in [-0.05, 0) is 92.7 Å². The van der Waals surface area contributed by atoms with Crippen LogP contribution in [-0.4, -0.2) is 14.1 Å². The molecule has 0 radical (unpaired) electrons. The lowest BCUT2D eigenvalue weighted by atomic mass is 9.86. The van der Waals surface area contributed by atoms with Crippen molar-refractivity contribution in [2.45, 2.75) is 52.4 Å². The molecule has 0 spiro atoms. The number of pyridine rings is 1. The van der Waals surface area contributed by atoms with Gasteiger partial charge in [-0.2, -0.15) is 0 Å². The third kappa shape index (κ3) is 6.96. The monoisotopic (exact) mass is 801 g/mol. The summed E-state index contributed by atoms with van der Waals surface area (Å²) in [5, 5.41) is 2.15. The van der Waals surface area contributed by atoms with Gasteiger partial charge in [0.05, 0.1) is 45.8 Å². The summed E-state index contributed by atoms with van der Waals surface area (Å²) in [4.78, 5) is 4.86. The Hall–Kier alpha value is -7.24. The summed E-state index contributed by atoms with van der Waals surface area (Å²) in [6.45, 7) is 12.9. The Morgan fingerprint density at radius 2 is 1.26 bits per heavy atom. The summed E-state index contributed by atoms with van der Waals surface area (Å²) in [7, 11) is 0. The molecular formula is C56H48N4O. The zero-order valence-corrected chi connectivity index (χ0v) is 34.8. The van der Waals surface area contributed by atoms with E-state index in [1.54, 1.807) is 22.8 Å². The second-order valence-electron chi connectivity index (χ2n) is 17.3. The molecule has 0 bridgehead atoms. The number of fused-ring (bicyclic) bond motifs is 4. The van der Waals surface area contributed by atoms with Crippen LogP contribution in [0.5, 0.6) is 11.5 Å². The Bertz CT molecular complexity index is 3760. The molecule has 10 aromatic rings. The van der Waals surface area contributed by atoms with Gasteiger partial charge in [-0.15, -0.1) is 0 Å². The molecule has 10 rings (SSSR count). The van der Waals surface area contributed by atoms with Crippen molar-refractivity contribution in [2.75, 3.05) is 0 Å². The Balaban J connectivity index is 1.19. The first kappa shape index (κ1) is 29.1. The Kier molecular flexibility index (Phi) is 7.05. The summed E-state index contributed by atoms with van der Waals surface area (Å²) >= 11 is 0. The number of ether oxygens (including phenoxy) is 1. The predicted molar refractivity (Wildman–Crippen MR) is 251 cm³/mol. The van der Waals surface area contributed by atoms with Crippen LogP contribution in [0.1, 0.15) is 65.0 Å². The van der Waals surface area contributed by atoms with Crippen molar-refractivity contribution >= 4 is 32.8 Å². The Morgan fingerprint density at radius 1 is 0.574 bits per heavy atom. The SMILES string of the molecule is [2H]c1cc(-c2cccc(-c3c([2H])c([2H])c([2H])c([2H])c3[2H])c2-[n+]2[c-]n(-c3cc(Oc4ccc5c6ccccc6n(-c6cc(C(C)(C)C)ccn6)c5c4)cc(C(C)(C)C)c3)c3ccccc32)c([2H])c([2H])c1[2H]. The fourth-order valence-corrected chi connectivity index (χ4v) is 8.04. The fraction of sp³-hybridized carbons (Fsp3) is 0.143. The highest BCUT2D eigenvalue weighted by Crippen LogP contribution is 2.39. The first-order valence-corrected chi connectivity index (χ1v) is 20.3. The molecule has 61 heavy (non-hydrogen) atoms. The van der Waals surface area contributed by atoms with Crippen LogP contribution >= 0.6 is 0 Å². The van der Waals surface area contributed by atoms with Gasteiger partial charge in [0.15, 0.2) is 0 Å². The summed E-state index contributed by atoms with van der Waals surface area (Å²) in [6, 6.07) is 34.8. The molecule has 298 valence electrons. The van der Waals surface area contributed by atoms with E-state index in [-0.39, 0.29) is 39.6 Å². The van der Waals surface area contributed by atoms with E-state index in [1.165, 1.54) is 11.6 Å². The van der Waals surface area contributed by atoms with Crippen LogP contribution in [0.2, 0.25) is 0 Å². The van der Waals surface area contributed by atoms with E-state index in [2.05, 4.69) is 88.8 Å². The lowest BCUT2D eigenvalue weighted by molar-refractivity contribution is -0.571.